The highest BCUT2D eigenvalue weighted by molar-refractivity contribution is 7.92. The molecule has 2 N–H and O–H groups in total. The van der Waals surface area contributed by atoms with E-state index in [1.54, 1.807) is 13.0 Å². The van der Waals surface area contributed by atoms with Crippen LogP contribution in [0.2, 0.25) is 0 Å². The first kappa shape index (κ1) is 27.1. The minimum atomic E-state index is -4.55. The van der Waals surface area contributed by atoms with E-state index >= 15 is 0 Å². The number of aromatic nitrogens is 1. The molecule has 1 aliphatic rings. The lowest BCUT2D eigenvalue weighted by molar-refractivity contribution is -0.141. The minimum Gasteiger partial charge on any atom is -0.375 e. The van der Waals surface area contributed by atoms with Crippen LogP contribution in [0.25, 0.3) is 0 Å². The van der Waals surface area contributed by atoms with E-state index in [-0.39, 0.29) is 18.1 Å². The fourth-order valence-corrected chi connectivity index (χ4v) is 4.61. The lowest BCUT2D eigenvalue weighted by Gasteiger charge is -2.33. The predicted molar refractivity (Wildman–Crippen MR) is 133 cm³/mol. The molecule has 0 saturated carbocycles. The van der Waals surface area contributed by atoms with E-state index in [4.69, 9.17) is 12.2 Å². The van der Waals surface area contributed by atoms with Gasteiger partial charge in [0.05, 0.1) is 16.9 Å². The molecule has 1 atom stereocenters. The first-order valence-corrected chi connectivity index (χ1v) is 13.4. The van der Waals surface area contributed by atoms with Gasteiger partial charge in [-0.15, -0.1) is 0 Å². The van der Waals surface area contributed by atoms with Gasteiger partial charge in [-0.3, -0.25) is 4.72 Å². The topological polar surface area (TPSA) is 74.3 Å². The summed E-state index contributed by atoms with van der Waals surface area (Å²) in [5.41, 5.74) is -0.00134. The number of hydrogen-bond acceptors (Lipinski definition) is 5. The van der Waals surface area contributed by atoms with Gasteiger partial charge in [-0.05, 0) is 42.5 Å². The maximum Gasteiger partial charge on any atom is 0.433 e. The monoisotopic (exact) mass is 532 g/mol. The van der Waals surface area contributed by atoms with E-state index in [0.717, 1.165) is 25.2 Å². The Hall–Kier alpha value is -2.47. The smallest absolute Gasteiger partial charge is 0.375 e. The van der Waals surface area contributed by atoms with Crippen molar-refractivity contribution in [3.05, 3.63) is 53.0 Å². The molecule has 1 fully saturated rings. The molecule has 6 nitrogen and oxygen atoms in total. The average molecular weight is 533 g/mol. The Bertz CT molecular complexity index is 1180. The molecule has 3 rings (SSSR count). The maximum absolute atomic E-state index is 14.4. The van der Waals surface area contributed by atoms with Gasteiger partial charge in [0, 0.05) is 31.1 Å². The molecular formula is C23H28F4N4O2S2. The summed E-state index contributed by atoms with van der Waals surface area (Å²) in [6.45, 7) is 5.27. The molecule has 0 spiro atoms. The third kappa shape index (κ3) is 7.26. The number of anilines is 2. The fraction of sp³-hybridized carbons (Fsp3) is 0.478. The molecule has 0 bridgehead atoms. The van der Waals surface area contributed by atoms with Gasteiger partial charge in [0.2, 0.25) is 10.0 Å². The summed E-state index contributed by atoms with van der Waals surface area (Å²) in [5.74, 6) is -0.368. The molecule has 2 heterocycles. The van der Waals surface area contributed by atoms with Crippen LogP contribution in [0.15, 0.2) is 30.3 Å². The van der Waals surface area contributed by atoms with Crippen molar-refractivity contribution in [3.63, 3.8) is 0 Å². The molecule has 12 heteroatoms. The fourth-order valence-electron chi connectivity index (χ4n) is 3.84. The van der Waals surface area contributed by atoms with Gasteiger partial charge in [0.25, 0.3) is 0 Å². The zero-order valence-corrected chi connectivity index (χ0v) is 21.2. The molecule has 1 aromatic heterocycles. The maximum atomic E-state index is 14.4. The largest absolute Gasteiger partial charge is 0.433 e. The second kappa shape index (κ2) is 10.7. The van der Waals surface area contributed by atoms with Crippen LogP contribution in [0.3, 0.4) is 0 Å². The Balaban J connectivity index is 1.75. The Labute approximate surface area is 208 Å². The summed E-state index contributed by atoms with van der Waals surface area (Å²) in [6, 6.07) is 6.46. The summed E-state index contributed by atoms with van der Waals surface area (Å²) in [7, 11) is -3.63. The lowest BCUT2D eigenvalue weighted by atomic mass is 9.98. The number of pyridine rings is 1. The molecule has 192 valence electrons. The number of benzene rings is 1. The van der Waals surface area contributed by atoms with Crippen LogP contribution < -0.4 is 14.9 Å². The number of hydrogen-bond donors (Lipinski definition) is 2. The quantitative estimate of drug-likeness (QED) is 0.383. The third-order valence-electron chi connectivity index (χ3n) is 5.96. The van der Waals surface area contributed by atoms with E-state index in [1.165, 1.54) is 18.2 Å². The van der Waals surface area contributed by atoms with Gasteiger partial charge in [-0.2, -0.15) is 13.2 Å². The molecule has 35 heavy (non-hydrogen) atoms. The molecule has 1 unspecified atom stereocenters. The van der Waals surface area contributed by atoms with E-state index < -0.39 is 33.6 Å². The Morgan fingerprint density at radius 2 is 1.89 bits per heavy atom. The molecule has 2 aromatic rings. The van der Waals surface area contributed by atoms with Crippen molar-refractivity contribution < 1.29 is 26.0 Å². The van der Waals surface area contributed by atoms with Gasteiger partial charge < -0.3 is 10.2 Å². The Kier molecular flexibility index (Phi) is 8.25. The standard InChI is InChI=1S/C23H28F4N4O2S2/c1-14-8-10-31(11-9-14)21-17(5-7-20(29-21)23(25,26)27)13-28-22(34)15(2)16-4-6-19(18(24)12-16)30-35(3,32)33/h4-7,12,14-15,30H,8-11,13H2,1-3H3,(H,28,34). The highest BCUT2D eigenvalue weighted by Gasteiger charge is 2.34. The second-order valence-electron chi connectivity index (χ2n) is 8.90. The average Bonchev–Trinajstić information content (AvgIpc) is 2.77. The number of piperidine rings is 1. The molecule has 1 saturated heterocycles. The first-order valence-electron chi connectivity index (χ1n) is 11.1. The van der Waals surface area contributed by atoms with Crippen molar-refractivity contribution in [2.75, 3.05) is 29.0 Å². The van der Waals surface area contributed by atoms with Gasteiger partial charge in [-0.1, -0.05) is 38.2 Å². The van der Waals surface area contributed by atoms with Crippen LogP contribution in [0.5, 0.6) is 0 Å². The van der Waals surface area contributed by atoms with Crippen molar-refractivity contribution in [2.45, 2.75) is 45.3 Å². The number of sulfonamides is 1. The Morgan fingerprint density at radius 1 is 1.23 bits per heavy atom. The lowest BCUT2D eigenvalue weighted by Crippen LogP contribution is -2.35. The second-order valence-corrected chi connectivity index (χ2v) is 11.1. The number of alkyl halides is 3. The third-order valence-corrected chi connectivity index (χ3v) is 7.05. The van der Waals surface area contributed by atoms with Crippen LogP contribution >= 0.6 is 12.2 Å². The molecule has 0 radical (unpaired) electrons. The van der Waals surface area contributed by atoms with Crippen LogP contribution in [0.1, 0.15) is 49.4 Å². The van der Waals surface area contributed by atoms with Crippen molar-refractivity contribution >= 4 is 38.7 Å². The van der Waals surface area contributed by atoms with Gasteiger partial charge in [0.1, 0.15) is 17.3 Å². The van der Waals surface area contributed by atoms with Gasteiger partial charge in [0.15, 0.2) is 0 Å². The number of thiocarbonyl (C=S) groups is 1. The van der Waals surface area contributed by atoms with E-state index in [2.05, 4.69) is 21.9 Å². The van der Waals surface area contributed by atoms with Gasteiger partial charge in [-0.25, -0.2) is 17.8 Å². The molecular weight excluding hydrogens is 504 g/mol. The summed E-state index contributed by atoms with van der Waals surface area (Å²) in [6.07, 6.45) is -1.88. The number of rotatable bonds is 7. The molecule has 1 aromatic carbocycles. The van der Waals surface area contributed by atoms with Crippen LogP contribution in [0.4, 0.5) is 29.1 Å². The van der Waals surface area contributed by atoms with Crippen molar-refractivity contribution in [1.82, 2.24) is 10.3 Å². The first-order chi connectivity index (χ1) is 16.2. The summed E-state index contributed by atoms with van der Waals surface area (Å²) >= 11 is 5.46. The Morgan fingerprint density at radius 3 is 2.46 bits per heavy atom. The number of nitrogens with one attached hydrogen (secondary N) is 2. The van der Waals surface area contributed by atoms with Crippen molar-refractivity contribution in [3.8, 4) is 0 Å². The van der Waals surface area contributed by atoms with Crippen LogP contribution in [-0.2, 0) is 22.7 Å². The highest BCUT2D eigenvalue weighted by atomic mass is 32.2. The van der Waals surface area contributed by atoms with E-state index in [0.29, 0.717) is 35.1 Å². The normalized spacial score (nSPS) is 16.1. The number of halogens is 4. The predicted octanol–water partition coefficient (Wildman–Crippen LogP) is 5.07. The zero-order chi connectivity index (χ0) is 26.0. The highest BCUT2D eigenvalue weighted by Crippen LogP contribution is 2.32. The van der Waals surface area contributed by atoms with Crippen LogP contribution in [0, 0.1) is 11.7 Å². The summed E-state index contributed by atoms with van der Waals surface area (Å²) in [5, 5.41) is 3.07. The van der Waals surface area contributed by atoms with Crippen LogP contribution in [-0.4, -0.2) is 37.7 Å². The summed E-state index contributed by atoms with van der Waals surface area (Å²) < 4.78 is 79.1. The summed E-state index contributed by atoms with van der Waals surface area (Å²) in [4.78, 5) is 6.18. The minimum absolute atomic E-state index is 0.159. The molecule has 1 aliphatic heterocycles. The van der Waals surface area contributed by atoms with Gasteiger partial charge >= 0.3 is 6.18 Å². The van der Waals surface area contributed by atoms with E-state index in [9.17, 15) is 26.0 Å². The van der Waals surface area contributed by atoms with E-state index in [1.807, 2.05) is 4.90 Å². The number of nitrogens with zero attached hydrogens (tertiary/aromatic N) is 2. The van der Waals surface area contributed by atoms with Crippen molar-refractivity contribution in [1.29, 1.82) is 0 Å². The SMILES string of the molecule is CC1CCN(c2nc(C(F)(F)F)ccc2CNC(=S)C(C)c2ccc(NS(C)(=O)=O)c(F)c2)CC1. The molecule has 0 aliphatic carbocycles. The molecule has 0 amide bonds. The van der Waals surface area contributed by atoms with Crippen molar-refractivity contribution in [2.24, 2.45) is 5.92 Å². The zero-order valence-electron chi connectivity index (χ0n) is 19.6.